The van der Waals surface area contributed by atoms with Crippen molar-refractivity contribution in [3.05, 3.63) is 83.7 Å². The Morgan fingerprint density at radius 3 is 2.30 bits per heavy atom. The molecule has 0 fully saturated rings. The third-order valence-electron chi connectivity index (χ3n) is 4.40. The van der Waals surface area contributed by atoms with E-state index in [0.717, 1.165) is 36.4 Å². The zero-order valence-electron chi connectivity index (χ0n) is 17.1. The van der Waals surface area contributed by atoms with E-state index in [2.05, 4.69) is 5.32 Å². The number of sulfonamides is 1. The van der Waals surface area contributed by atoms with Crippen LogP contribution < -0.4 is 14.8 Å². The van der Waals surface area contributed by atoms with E-state index in [9.17, 15) is 30.8 Å². The normalized spacial score (nSPS) is 11.7. The van der Waals surface area contributed by atoms with Crippen LogP contribution in [-0.4, -0.2) is 20.9 Å². The van der Waals surface area contributed by atoms with Gasteiger partial charge in [0.15, 0.2) is 0 Å². The lowest BCUT2D eigenvalue weighted by Gasteiger charge is -2.16. The van der Waals surface area contributed by atoms with Crippen molar-refractivity contribution in [3.8, 4) is 5.75 Å². The number of benzene rings is 3. The third-order valence-corrected chi connectivity index (χ3v) is 5.77. The highest BCUT2D eigenvalue weighted by Gasteiger charge is 2.34. The number of ether oxygens (including phenoxy) is 1. The summed E-state index contributed by atoms with van der Waals surface area (Å²) in [4.78, 5) is 12.1. The number of nitrogens with one attached hydrogen (secondary N) is 2. The summed E-state index contributed by atoms with van der Waals surface area (Å²) in [5, 5.41) is 2.39. The van der Waals surface area contributed by atoms with Crippen LogP contribution in [0.15, 0.2) is 71.6 Å². The number of para-hydroxylation sites is 1. The summed E-state index contributed by atoms with van der Waals surface area (Å²) >= 11 is 0. The van der Waals surface area contributed by atoms with Crippen LogP contribution in [0.1, 0.15) is 22.8 Å². The number of halogens is 4. The maximum absolute atomic E-state index is 13.9. The number of hydrogen-bond acceptors (Lipinski definition) is 4. The number of alkyl halides is 3. The predicted octanol–water partition coefficient (Wildman–Crippen LogP) is 5.30. The second kappa shape index (κ2) is 9.49. The van der Waals surface area contributed by atoms with Crippen molar-refractivity contribution in [1.82, 2.24) is 0 Å². The lowest BCUT2D eigenvalue weighted by Crippen LogP contribution is -2.18. The number of carbonyl (C=O) groups is 1. The molecular weight excluding hydrogens is 464 g/mol. The monoisotopic (exact) mass is 482 g/mol. The molecule has 0 aliphatic heterocycles. The first-order valence-corrected chi connectivity index (χ1v) is 11.0. The van der Waals surface area contributed by atoms with E-state index in [1.54, 1.807) is 6.92 Å². The van der Waals surface area contributed by atoms with Crippen LogP contribution in [0.4, 0.5) is 28.9 Å². The molecule has 0 atom stereocenters. The van der Waals surface area contributed by atoms with Crippen molar-refractivity contribution < 1.29 is 35.5 Å². The van der Waals surface area contributed by atoms with Crippen LogP contribution in [0.3, 0.4) is 0 Å². The van der Waals surface area contributed by atoms with E-state index in [4.69, 9.17) is 4.74 Å². The van der Waals surface area contributed by atoms with Gasteiger partial charge in [-0.25, -0.2) is 12.8 Å². The fourth-order valence-corrected chi connectivity index (χ4v) is 4.02. The summed E-state index contributed by atoms with van der Waals surface area (Å²) in [7, 11) is -4.49. The number of amides is 1. The Hall–Kier alpha value is -3.60. The van der Waals surface area contributed by atoms with Gasteiger partial charge in [-0.05, 0) is 49.4 Å². The first-order valence-electron chi connectivity index (χ1n) is 9.54. The number of rotatable bonds is 7. The van der Waals surface area contributed by atoms with Gasteiger partial charge in [-0.15, -0.1) is 0 Å². The van der Waals surface area contributed by atoms with E-state index in [0.29, 0.717) is 0 Å². The van der Waals surface area contributed by atoms with Gasteiger partial charge >= 0.3 is 6.18 Å². The van der Waals surface area contributed by atoms with Crippen LogP contribution in [0, 0.1) is 5.82 Å². The largest absolute Gasteiger partial charge is 0.492 e. The molecular formula is C22H18F4N2O4S. The fraction of sp³-hybridized carbons (Fsp3) is 0.136. The maximum Gasteiger partial charge on any atom is 0.418 e. The minimum Gasteiger partial charge on any atom is -0.492 e. The molecule has 6 nitrogen and oxygen atoms in total. The molecule has 0 aliphatic carbocycles. The molecule has 3 aromatic carbocycles. The van der Waals surface area contributed by atoms with Crippen LogP contribution in [0.5, 0.6) is 5.75 Å². The van der Waals surface area contributed by atoms with Crippen molar-refractivity contribution in [2.75, 3.05) is 16.6 Å². The SMILES string of the molecule is CCOc1ccc(S(=O)(=O)Nc2ccccc2C(F)(F)F)cc1NC(=O)c1ccccc1F. The van der Waals surface area contributed by atoms with Crippen LogP contribution >= 0.6 is 0 Å². The molecule has 0 saturated carbocycles. The average Bonchev–Trinajstić information content (AvgIpc) is 2.74. The molecule has 0 heterocycles. The molecule has 0 radical (unpaired) electrons. The number of hydrogen-bond donors (Lipinski definition) is 2. The van der Waals surface area contributed by atoms with Gasteiger partial charge in [0.1, 0.15) is 11.6 Å². The molecule has 0 bridgehead atoms. The van der Waals surface area contributed by atoms with Gasteiger partial charge in [0.2, 0.25) is 0 Å². The van der Waals surface area contributed by atoms with Crippen molar-refractivity contribution >= 4 is 27.3 Å². The minimum absolute atomic E-state index is 0.0943. The van der Waals surface area contributed by atoms with Crippen LogP contribution in [0.25, 0.3) is 0 Å². The standard InChI is InChI=1S/C22H18F4N2O4S/c1-2-32-20-12-11-14(13-19(20)27-21(29)15-7-3-5-9-17(15)23)33(30,31)28-18-10-6-4-8-16(18)22(24,25)26/h3-13,28H,2H2,1H3,(H,27,29). The molecule has 1 amide bonds. The van der Waals surface area contributed by atoms with Gasteiger partial charge in [-0.1, -0.05) is 24.3 Å². The van der Waals surface area contributed by atoms with Crippen LogP contribution in [-0.2, 0) is 16.2 Å². The molecule has 0 aliphatic rings. The van der Waals surface area contributed by atoms with Crippen LogP contribution in [0.2, 0.25) is 0 Å². The van der Waals surface area contributed by atoms with Gasteiger partial charge in [0.05, 0.1) is 34.0 Å². The third kappa shape index (κ3) is 5.61. The summed E-state index contributed by atoms with van der Waals surface area (Å²) in [6, 6.07) is 12.7. The van der Waals surface area contributed by atoms with Gasteiger partial charge in [0, 0.05) is 0 Å². The van der Waals surface area contributed by atoms with E-state index in [-0.39, 0.29) is 23.6 Å². The first kappa shape index (κ1) is 24.1. The van der Waals surface area contributed by atoms with Gasteiger partial charge < -0.3 is 10.1 Å². The van der Waals surface area contributed by atoms with Gasteiger partial charge in [0.25, 0.3) is 15.9 Å². The van der Waals surface area contributed by atoms with E-state index >= 15 is 0 Å². The Kier molecular flexibility index (Phi) is 6.92. The highest BCUT2D eigenvalue weighted by atomic mass is 32.2. The predicted molar refractivity (Wildman–Crippen MR) is 114 cm³/mol. The smallest absolute Gasteiger partial charge is 0.418 e. The zero-order chi connectivity index (χ0) is 24.2. The Labute approximate surface area is 187 Å². The zero-order valence-corrected chi connectivity index (χ0v) is 17.9. The van der Waals surface area contributed by atoms with Gasteiger partial charge in [-0.3, -0.25) is 9.52 Å². The lowest BCUT2D eigenvalue weighted by molar-refractivity contribution is -0.136. The maximum atomic E-state index is 13.9. The van der Waals surface area contributed by atoms with E-state index < -0.39 is 44.1 Å². The Morgan fingerprint density at radius 1 is 0.970 bits per heavy atom. The number of anilines is 2. The van der Waals surface area contributed by atoms with Crippen molar-refractivity contribution in [3.63, 3.8) is 0 Å². The lowest BCUT2D eigenvalue weighted by atomic mass is 10.2. The van der Waals surface area contributed by atoms with Crippen molar-refractivity contribution in [2.45, 2.75) is 18.0 Å². The molecule has 0 unspecified atom stereocenters. The highest BCUT2D eigenvalue weighted by molar-refractivity contribution is 7.92. The summed E-state index contributed by atoms with van der Waals surface area (Å²) in [6.45, 7) is 1.83. The molecule has 3 aromatic rings. The summed E-state index contributed by atoms with van der Waals surface area (Å²) in [6.07, 6.45) is -4.78. The molecule has 33 heavy (non-hydrogen) atoms. The second-order valence-corrected chi connectivity index (χ2v) is 8.36. The molecule has 0 aromatic heterocycles. The highest BCUT2D eigenvalue weighted by Crippen LogP contribution is 2.36. The molecule has 2 N–H and O–H groups in total. The van der Waals surface area contributed by atoms with Crippen molar-refractivity contribution in [1.29, 1.82) is 0 Å². The topological polar surface area (TPSA) is 84.5 Å². The Balaban J connectivity index is 1.97. The average molecular weight is 482 g/mol. The molecule has 11 heteroatoms. The summed E-state index contributed by atoms with van der Waals surface area (Å²) in [5.41, 5.74) is -2.20. The first-order chi connectivity index (χ1) is 15.5. The summed E-state index contributed by atoms with van der Waals surface area (Å²) < 4.78 is 86.6. The minimum atomic E-state index is -4.78. The summed E-state index contributed by atoms with van der Waals surface area (Å²) in [5.74, 6) is -1.56. The molecule has 174 valence electrons. The Bertz CT molecular complexity index is 1280. The fourth-order valence-electron chi connectivity index (χ4n) is 2.91. The van der Waals surface area contributed by atoms with E-state index in [1.165, 1.54) is 30.3 Å². The quantitative estimate of drug-likeness (QED) is 0.448. The molecule has 0 saturated heterocycles. The molecule has 0 spiro atoms. The molecule has 3 rings (SSSR count). The second-order valence-electron chi connectivity index (χ2n) is 6.67. The number of carbonyl (C=O) groups excluding carboxylic acids is 1. The Morgan fingerprint density at radius 2 is 1.64 bits per heavy atom. The van der Waals surface area contributed by atoms with E-state index in [1.807, 2.05) is 4.72 Å². The van der Waals surface area contributed by atoms with Crippen molar-refractivity contribution in [2.24, 2.45) is 0 Å². The van der Waals surface area contributed by atoms with Gasteiger partial charge in [-0.2, -0.15) is 13.2 Å².